The Morgan fingerprint density at radius 3 is 1.50 bits per heavy atom. The van der Waals surface area contributed by atoms with Crippen molar-refractivity contribution >= 4 is 18.5 Å². The molecule has 0 saturated heterocycles. The van der Waals surface area contributed by atoms with Gasteiger partial charge in [0.2, 0.25) is 0 Å². The minimum Gasteiger partial charge on any atom is -0.481 e. The third kappa shape index (κ3) is 35.6. The zero-order chi connectivity index (χ0) is 23.1. The Balaban J connectivity index is -0.000000142. The highest BCUT2D eigenvalue weighted by Gasteiger charge is 2.08. The summed E-state index contributed by atoms with van der Waals surface area (Å²) in [5.41, 5.74) is 0.699. The summed E-state index contributed by atoms with van der Waals surface area (Å²) in [5, 5.41) is 10.7. The van der Waals surface area contributed by atoms with Crippen molar-refractivity contribution in [2.75, 3.05) is 13.1 Å². The van der Waals surface area contributed by atoms with E-state index in [1.165, 1.54) is 25.9 Å². The van der Waals surface area contributed by atoms with Crippen LogP contribution in [-0.4, -0.2) is 36.7 Å². The number of carbonyl (C=O) groups excluding carboxylic acids is 2. The summed E-state index contributed by atoms with van der Waals surface area (Å²) in [7, 11) is 0. The second-order valence-corrected chi connectivity index (χ2v) is 7.62. The Morgan fingerprint density at radius 2 is 1.36 bits per heavy atom. The molecule has 5 heteroatoms. The first-order valence-corrected chi connectivity index (χ1v) is 10.4. The molecule has 28 heavy (non-hydrogen) atoms. The zero-order valence-corrected chi connectivity index (χ0v) is 19.9. The molecule has 168 valence electrons. The average molecular weight is 402 g/mol. The summed E-state index contributed by atoms with van der Waals surface area (Å²) >= 11 is 0. The molecule has 0 aliphatic rings. The van der Waals surface area contributed by atoms with Crippen molar-refractivity contribution < 1.29 is 19.5 Å². The van der Waals surface area contributed by atoms with Crippen LogP contribution in [0.1, 0.15) is 81.6 Å². The van der Waals surface area contributed by atoms with Crippen LogP contribution in [0.5, 0.6) is 0 Å². The molecule has 2 N–H and O–H groups in total. The van der Waals surface area contributed by atoms with Gasteiger partial charge in [-0.3, -0.25) is 9.59 Å². The van der Waals surface area contributed by atoms with E-state index in [9.17, 15) is 9.59 Å². The molecule has 0 aliphatic heterocycles. The van der Waals surface area contributed by atoms with Gasteiger partial charge in [0, 0.05) is 13.3 Å². The number of carboxylic acids is 1. The van der Waals surface area contributed by atoms with E-state index in [1.54, 1.807) is 0 Å². The number of hydrogen-bond acceptors (Lipinski definition) is 4. The lowest BCUT2D eigenvalue weighted by Crippen LogP contribution is -2.14. The summed E-state index contributed by atoms with van der Waals surface area (Å²) in [6.07, 6.45) is 5.03. The number of carboxylic acid groups (broad SMARTS) is 1. The molecule has 0 fully saturated rings. The van der Waals surface area contributed by atoms with E-state index in [4.69, 9.17) is 9.90 Å². The minimum absolute atomic E-state index is 0.322. The lowest BCUT2D eigenvalue weighted by atomic mass is 9.92. The average Bonchev–Trinajstić information content (AvgIpc) is 2.61. The van der Waals surface area contributed by atoms with Crippen molar-refractivity contribution in [2.45, 2.75) is 81.6 Å². The van der Waals surface area contributed by atoms with Crippen molar-refractivity contribution in [1.29, 1.82) is 0 Å². The number of carbonyl (C=O) groups is 3. The second-order valence-electron chi connectivity index (χ2n) is 7.62. The van der Waals surface area contributed by atoms with Crippen molar-refractivity contribution in [3.63, 3.8) is 0 Å². The van der Waals surface area contributed by atoms with Crippen LogP contribution in [0.4, 0.5) is 0 Å². The third-order valence-electron chi connectivity index (χ3n) is 4.20. The van der Waals surface area contributed by atoms with Gasteiger partial charge < -0.3 is 15.2 Å². The van der Waals surface area contributed by atoms with E-state index in [1.807, 2.05) is 6.92 Å². The molecule has 0 heterocycles. The van der Waals surface area contributed by atoms with Crippen molar-refractivity contribution in [3.05, 3.63) is 12.2 Å². The van der Waals surface area contributed by atoms with Gasteiger partial charge in [-0.05, 0) is 55.2 Å². The summed E-state index contributed by atoms with van der Waals surface area (Å²) in [6, 6.07) is 0. The van der Waals surface area contributed by atoms with Crippen LogP contribution in [0.25, 0.3) is 0 Å². The summed E-state index contributed by atoms with van der Waals surface area (Å²) in [4.78, 5) is 29.1. The summed E-state index contributed by atoms with van der Waals surface area (Å²) in [5.74, 6) is 1.19. The monoisotopic (exact) mass is 401 g/mol. The molecule has 0 saturated carbocycles. The Morgan fingerprint density at radius 1 is 0.964 bits per heavy atom. The molecule has 0 bridgehead atoms. The molecular formula is C23H47NO4. The van der Waals surface area contributed by atoms with Crippen molar-refractivity contribution in [2.24, 2.45) is 23.7 Å². The normalized spacial score (nSPS) is 11.5. The first kappa shape index (κ1) is 34.0. The zero-order valence-electron chi connectivity index (χ0n) is 19.9. The maximum absolute atomic E-state index is 10.2. The van der Waals surface area contributed by atoms with Crippen LogP contribution < -0.4 is 5.32 Å². The van der Waals surface area contributed by atoms with Gasteiger partial charge in [-0.15, -0.1) is 0 Å². The number of aldehydes is 2. The molecule has 0 aliphatic carbocycles. The van der Waals surface area contributed by atoms with Gasteiger partial charge in [-0.25, -0.2) is 0 Å². The molecule has 2 unspecified atom stereocenters. The largest absolute Gasteiger partial charge is 0.481 e. The molecule has 0 rings (SSSR count). The highest BCUT2D eigenvalue weighted by atomic mass is 16.4. The number of aliphatic carboxylic acids is 1. The summed E-state index contributed by atoms with van der Waals surface area (Å²) in [6.45, 7) is 24.0. The maximum atomic E-state index is 10.2. The first-order chi connectivity index (χ1) is 12.9. The molecule has 0 radical (unpaired) electrons. The Labute approximate surface area is 174 Å². The van der Waals surface area contributed by atoms with Gasteiger partial charge in [-0.1, -0.05) is 62.0 Å². The standard InChI is InChI=1S/C8H14O.C7H14O.C6H15N.C2H4O2/c1-6(2)8(4)7(3)5-9;1-6(2)7(3)4-5-8;1-3-5-7-6-4-2;1-2(3)4/h5-6,8H,3H2,1-2,4H3;5-7H,4H2,1-3H3;7H,3-6H2,1-2H3;1H3,(H,3,4). The van der Waals surface area contributed by atoms with E-state index in [2.05, 4.69) is 60.4 Å². The van der Waals surface area contributed by atoms with Crippen LogP contribution in [0.15, 0.2) is 12.2 Å². The van der Waals surface area contributed by atoms with Gasteiger partial charge in [0.05, 0.1) is 0 Å². The second kappa shape index (κ2) is 25.5. The predicted molar refractivity (Wildman–Crippen MR) is 121 cm³/mol. The van der Waals surface area contributed by atoms with Gasteiger partial charge in [0.25, 0.3) is 5.97 Å². The quantitative estimate of drug-likeness (QED) is 0.291. The van der Waals surface area contributed by atoms with Gasteiger partial charge in [0.15, 0.2) is 0 Å². The fraction of sp³-hybridized carbons (Fsp3) is 0.783. The van der Waals surface area contributed by atoms with E-state index < -0.39 is 5.97 Å². The molecule has 0 aromatic carbocycles. The van der Waals surface area contributed by atoms with E-state index in [0.717, 1.165) is 19.5 Å². The molecule has 0 aromatic heterocycles. The summed E-state index contributed by atoms with van der Waals surface area (Å²) < 4.78 is 0. The Hall–Kier alpha value is -1.49. The molecule has 5 nitrogen and oxygen atoms in total. The smallest absolute Gasteiger partial charge is 0.300 e. The molecule has 0 spiro atoms. The van der Waals surface area contributed by atoms with Crippen LogP contribution in [0.3, 0.4) is 0 Å². The lowest BCUT2D eigenvalue weighted by molar-refractivity contribution is -0.134. The molecule has 0 aromatic rings. The van der Waals surface area contributed by atoms with E-state index >= 15 is 0 Å². The maximum Gasteiger partial charge on any atom is 0.300 e. The fourth-order valence-corrected chi connectivity index (χ4v) is 1.44. The fourth-order valence-electron chi connectivity index (χ4n) is 1.44. The molecule has 2 atom stereocenters. The van der Waals surface area contributed by atoms with Crippen LogP contribution in [0, 0.1) is 23.7 Å². The van der Waals surface area contributed by atoms with Gasteiger partial charge in [-0.2, -0.15) is 0 Å². The number of nitrogens with one attached hydrogen (secondary N) is 1. The van der Waals surface area contributed by atoms with Gasteiger partial charge >= 0.3 is 0 Å². The topological polar surface area (TPSA) is 83.5 Å². The third-order valence-corrected chi connectivity index (χ3v) is 4.20. The lowest BCUT2D eigenvalue weighted by Gasteiger charge is -2.12. The first-order valence-electron chi connectivity index (χ1n) is 10.4. The number of rotatable bonds is 10. The van der Waals surface area contributed by atoms with Crippen LogP contribution >= 0.6 is 0 Å². The highest BCUT2D eigenvalue weighted by molar-refractivity contribution is 5.72. The number of hydrogen-bond donors (Lipinski definition) is 2. The van der Waals surface area contributed by atoms with Crippen LogP contribution in [-0.2, 0) is 14.4 Å². The van der Waals surface area contributed by atoms with Gasteiger partial charge in [0.1, 0.15) is 12.6 Å². The van der Waals surface area contributed by atoms with Crippen molar-refractivity contribution in [1.82, 2.24) is 5.32 Å². The minimum atomic E-state index is -0.833. The van der Waals surface area contributed by atoms with Crippen molar-refractivity contribution in [3.8, 4) is 0 Å². The van der Waals surface area contributed by atoms with Crippen LogP contribution in [0.2, 0.25) is 0 Å². The number of allylic oxidation sites excluding steroid dienone is 1. The van der Waals surface area contributed by atoms with E-state index in [-0.39, 0.29) is 0 Å². The Bertz CT molecular complexity index is 371. The SMILES string of the molecule is C=C(C=O)C(C)C(C)C.CC(=O)O.CC(C)C(C)CC=O.CCCNCCC. The predicted octanol–water partition coefficient (Wildman–Crippen LogP) is 5.39. The van der Waals surface area contributed by atoms with E-state index in [0.29, 0.717) is 35.7 Å². The molecule has 0 amide bonds. The highest BCUT2D eigenvalue weighted by Crippen LogP contribution is 2.15. The Kier molecular flexibility index (Phi) is 31.0. The molecular weight excluding hydrogens is 354 g/mol.